The van der Waals surface area contributed by atoms with Gasteiger partial charge in [-0.2, -0.15) is 0 Å². The van der Waals surface area contributed by atoms with Gasteiger partial charge in [0.15, 0.2) is 0 Å². The van der Waals surface area contributed by atoms with Gasteiger partial charge in [0.05, 0.1) is 18.4 Å². The predicted octanol–water partition coefficient (Wildman–Crippen LogP) is 3.87. The van der Waals surface area contributed by atoms with E-state index >= 15 is 0 Å². The molecule has 0 radical (unpaired) electrons. The Morgan fingerprint density at radius 1 is 1.10 bits per heavy atom. The lowest BCUT2D eigenvalue weighted by atomic mass is 10.2. The first-order valence-corrected chi connectivity index (χ1v) is 7.14. The maximum absolute atomic E-state index is 11.9. The van der Waals surface area contributed by atoms with Crippen LogP contribution >= 0.6 is 0 Å². The van der Waals surface area contributed by atoms with Gasteiger partial charge in [0, 0.05) is 6.20 Å². The zero-order chi connectivity index (χ0) is 14.9. The minimum atomic E-state index is -0.402. The molecule has 0 fully saturated rings. The molecule has 0 N–H and O–H groups in total. The highest BCUT2D eigenvalue weighted by Crippen LogP contribution is 2.15. The summed E-state index contributed by atoms with van der Waals surface area (Å²) >= 11 is 0. The number of carbonyl (C=O) groups is 1. The second-order valence-electron chi connectivity index (χ2n) is 4.66. The number of hydrogen-bond donors (Lipinski definition) is 0. The van der Waals surface area contributed by atoms with Crippen LogP contribution in [0.4, 0.5) is 0 Å². The van der Waals surface area contributed by atoms with E-state index in [1.165, 1.54) is 12.6 Å². The molecule has 0 aliphatic rings. The van der Waals surface area contributed by atoms with Crippen LogP contribution in [0.2, 0.25) is 0 Å². The molecule has 0 bridgehead atoms. The van der Waals surface area contributed by atoms with Gasteiger partial charge >= 0.3 is 5.97 Å². The van der Waals surface area contributed by atoms with E-state index in [-0.39, 0.29) is 0 Å². The first-order chi connectivity index (χ1) is 10.3. The summed E-state index contributed by atoms with van der Waals surface area (Å²) in [5.74, 6) is 0.798. The summed E-state index contributed by atoms with van der Waals surface area (Å²) in [4.78, 5) is 15.8. The van der Waals surface area contributed by atoms with E-state index in [4.69, 9.17) is 9.47 Å². The number of benzene rings is 1. The van der Waals surface area contributed by atoms with E-state index in [0.29, 0.717) is 17.9 Å². The van der Waals surface area contributed by atoms with E-state index in [2.05, 4.69) is 11.9 Å². The molecule has 4 nitrogen and oxygen atoms in total. The van der Waals surface area contributed by atoms with Gasteiger partial charge in [-0.25, -0.2) is 4.79 Å². The summed E-state index contributed by atoms with van der Waals surface area (Å²) in [7, 11) is 0. The molecule has 0 aliphatic carbocycles. The van der Waals surface area contributed by atoms with Crippen molar-refractivity contribution in [1.29, 1.82) is 0 Å². The van der Waals surface area contributed by atoms with E-state index in [1.54, 1.807) is 42.6 Å². The number of unbranched alkanes of at least 4 members (excludes halogenated alkanes) is 2. The van der Waals surface area contributed by atoms with Crippen molar-refractivity contribution >= 4 is 5.97 Å². The molecule has 110 valence electrons. The Labute approximate surface area is 124 Å². The summed E-state index contributed by atoms with van der Waals surface area (Å²) in [5.41, 5.74) is 0.486. The molecular weight excluding hydrogens is 266 g/mol. The van der Waals surface area contributed by atoms with Crippen LogP contribution in [-0.2, 0) is 0 Å². The van der Waals surface area contributed by atoms with Gasteiger partial charge in [0.2, 0.25) is 0 Å². The number of pyridine rings is 1. The fraction of sp³-hybridized carbons (Fsp3) is 0.294. The molecule has 1 aromatic heterocycles. The monoisotopic (exact) mass is 285 g/mol. The number of esters is 1. The van der Waals surface area contributed by atoms with Crippen LogP contribution in [0.3, 0.4) is 0 Å². The lowest BCUT2D eigenvalue weighted by molar-refractivity contribution is 0.0734. The molecular formula is C17H19NO3. The van der Waals surface area contributed by atoms with Crippen molar-refractivity contribution in [2.75, 3.05) is 6.61 Å². The van der Waals surface area contributed by atoms with E-state index in [9.17, 15) is 4.79 Å². The maximum atomic E-state index is 11.9. The summed E-state index contributed by atoms with van der Waals surface area (Å²) in [6.07, 6.45) is 6.50. The molecule has 21 heavy (non-hydrogen) atoms. The normalized spacial score (nSPS) is 10.1. The fourth-order valence-electron chi connectivity index (χ4n) is 1.80. The van der Waals surface area contributed by atoms with Crippen molar-refractivity contribution in [2.24, 2.45) is 0 Å². The number of nitrogens with zero attached hydrogens (tertiary/aromatic N) is 1. The van der Waals surface area contributed by atoms with E-state index in [0.717, 1.165) is 18.6 Å². The van der Waals surface area contributed by atoms with Crippen LogP contribution in [0, 0.1) is 0 Å². The van der Waals surface area contributed by atoms with E-state index in [1.807, 2.05) is 0 Å². The van der Waals surface area contributed by atoms with Crippen molar-refractivity contribution in [1.82, 2.24) is 4.98 Å². The fourth-order valence-corrected chi connectivity index (χ4v) is 1.80. The molecule has 1 heterocycles. The van der Waals surface area contributed by atoms with Crippen molar-refractivity contribution in [3.63, 3.8) is 0 Å². The highest BCUT2D eigenvalue weighted by Gasteiger charge is 2.08. The Morgan fingerprint density at radius 3 is 2.57 bits per heavy atom. The van der Waals surface area contributed by atoms with Crippen LogP contribution in [0.1, 0.15) is 36.5 Å². The Morgan fingerprint density at radius 2 is 1.90 bits per heavy atom. The lowest BCUT2D eigenvalue weighted by Crippen LogP contribution is -2.08. The number of hydrogen-bond acceptors (Lipinski definition) is 4. The van der Waals surface area contributed by atoms with Crippen LogP contribution in [0.5, 0.6) is 11.5 Å². The van der Waals surface area contributed by atoms with Gasteiger partial charge in [-0.1, -0.05) is 19.8 Å². The quantitative estimate of drug-likeness (QED) is 0.572. The number of aromatic nitrogens is 1. The largest absolute Gasteiger partial charge is 0.494 e. The van der Waals surface area contributed by atoms with Crippen molar-refractivity contribution in [3.05, 3.63) is 54.4 Å². The Balaban J connectivity index is 1.88. The van der Waals surface area contributed by atoms with Crippen molar-refractivity contribution < 1.29 is 14.3 Å². The van der Waals surface area contributed by atoms with Gasteiger partial charge in [-0.05, 0) is 42.8 Å². The van der Waals surface area contributed by atoms with Gasteiger partial charge < -0.3 is 9.47 Å². The molecule has 0 saturated heterocycles. The van der Waals surface area contributed by atoms with Gasteiger partial charge in [0.1, 0.15) is 11.5 Å². The zero-order valence-electron chi connectivity index (χ0n) is 12.1. The first kappa shape index (κ1) is 15.0. The highest BCUT2D eigenvalue weighted by molar-refractivity contribution is 5.91. The maximum Gasteiger partial charge on any atom is 0.343 e. The molecule has 0 saturated carbocycles. The molecule has 0 spiro atoms. The number of ether oxygens (including phenoxy) is 2. The second-order valence-corrected chi connectivity index (χ2v) is 4.66. The minimum Gasteiger partial charge on any atom is -0.494 e. The van der Waals surface area contributed by atoms with E-state index < -0.39 is 5.97 Å². The van der Waals surface area contributed by atoms with Gasteiger partial charge in [-0.15, -0.1) is 0 Å². The summed E-state index contributed by atoms with van der Waals surface area (Å²) in [6, 6.07) is 10.4. The third kappa shape index (κ3) is 4.91. The standard InChI is InChI=1S/C17H19NO3/c1-2-3-4-12-20-15-9-7-14(8-10-15)17(19)21-16-6-5-11-18-13-16/h5-11,13H,2-4,12H2,1H3. The Bertz CT molecular complexity index is 552. The molecule has 0 atom stereocenters. The molecule has 2 aromatic rings. The first-order valence-electron chi connectivity index (χ1n) is 7.14. The van der Waals surface area contributed by atoms with Crippen LogP contribution in [0.15, 0.2) is 48.8 Å². The predicted molar refractivity (Wildman–Crippen MR) is 80.7 cm³/mol. The average Bonchev–Trinajstić information content (AvgIpc) is 2.53. The average molecular weight is 285 g/mol. The number of carbonyl (C=O) groups excluding carboxylic acids is 1. The van der Waals surface area contributed by atoms with Crippen LogP contribution in [0.25, 0.3) is 0 Å². The molecule has 0 unspecified atom stereocenters. The minimum absolute atomic E-state index is 0.402. The zero-order valence-corrected chi connectivity index (χ0v) is 12.1. The van der Waals surface area contributed by atoms with Gasteiger partial charge in [0.25, 0.3) is 0 Å². The molecule has 2 rings (SSSR count). The third-order valence-corrected chi connectivity index (χ3v) is 2.95. The van der Waals surface area contributed by atoms with Crippen LogP contribution in [-0.4, -0.2) is 17.6 Å². The summed E-state index contributed by atoms with van der Waals surface area (Å²) in [6.45, 7) is 2.86. The summed E-state index contributed by atoms with van der Waals surface area (Å²) in [5, 5.41) is 0. The Kier molecular flexibility index (Phi) is 5.76. The number of rotatable bonds is 7. The molecule has 0 aliphatic heterocycles. The van der Waals surface area contributed by atoms with Crippen LogP contribution < -0.4 is 9.47 Å². The smallest absolute Gasteiger partial charge is 0.343 e. The SMILES string of the molecule is CCCCCOc1ccc(C(=O)Oc2cccnc2)cc1. The lowest BCUT2D eigenvalue weighted by Gasteiger charge is -2.07. The molecule has 4 heteroatoms. The molecule has 0 amide bonds. The summed E-state index contributed by atoms with van der Waals surface area (Å²) < 4.78 is 10.8. The van der Waals surface area contributed by atoms with Gasteiger partial charge in [-0.3, -0.25) is 4.98 Å². The third-order valence-electron chi connectivity index (χ3n) is 2.95. The molecule has 1 aromatic carbocycles. The Hall–Kier alpha value is -2.36. The van der Waals surface area contributed by atoms with Crippen molar-refractivity contribution in [2.45, 2.75) is 26.2 Å². The topological polar surface area (TPSA) is 48.4 Å². The highest BCUT2D eigenvalue weighted by atomic mass is 16.5. The second kappa shape index (κ2) is 8.04. The van der Waals surface area contributed by atoms with Crippen molar-refractivity contribution in [3.8, 4) is 11.5 Å².